The minimum atomic E-state index is -3.74. The fourth-order valence-electron chi connectivity index (χ4n) is 1.82. The maximum atomic E-state index is 11.5. The van der Waals surface area contributed by atoms with Crippen LogP contribution in [-0.4, -0.2) is 26.9 Å². The number of sulfonamides is 1. The molecular formula is C11H16N2O3S2. The van der Waals surface area contributed by atoms with Crippen LogP contribution < -0.4 is 10.9 Å². The molecule has 5 nitrogen and oxygen atoms in total. The number of primary sulfonamides is 1. The average Bonchev–Trinajstić information content (AvgIpc) is 2.31. The molecular weight excluding hydrogens is 272 g/mol. The van der Waals surface area contributed by atoms with E-state index in [-0.39, 0.29) is 4.90 Å². The van der Waals surface area contributed by atoms with Gasteiger partial charge in [0, 0.05) is 29.0 Å². The monoisotopic (exact) mass is 288 g/mol. The van der Waals surface area contributed by atoms with E-state index in [0.717, 1.165) is 26.1 Å². The Morgan fingerprint density at radius 3 is 2.56 bits per heavy atom. The summed E-state index contributed by atoms with van der Waals surface area (Å²) in [6.45, 7) is 1.44. The Kier molecular flexibility index (Phi) is 4.16. The molecule has 1 heterocycles. The number of anilines is 1. The smallest absolute Gasteiger partial charge is 0.239 e. The summed E-state index contributed by atoms with van der Waals surface area (Å²) in [5, 5.41) is 5.57. The van der Waals surface area contributed by atoms with Crippen LogP contribution in [-0.2, 0) is 14.8 Å². The largest absolute Gasteiger partial charge is 0.399 e. The van der Waals surface area contributed by atoms with Gasteiger partial charge in [-0.1, -0.05) is 0 Å². The van der Waals surface area contributed by atoms with Gasteiger partial charge in [0.25, 0.3) is 0 Å². The third-order valence-electron chi connectivity index (χ3n) is 2.74. The molecule has 1 aromatic carbocycles. The summed E-state index contributed by atoms with van der Waals surface area (Å²) >= 11 is 1.53. The van der Waals surface area contributed by atoms with Crippen LogP contribution in [0.2, 0.25) is 0 Å². The molecule has 4 N–H and O–H groups in total. The first-order valence-corrected chi connectivity index (χ1v) is 8.06. The molecule has 1 saturated heterocycles. The molecule has 0 aromatic heterocycles. The molecule has 0 spiro atoms. The van der Waals surface area contributed by atoms with E-state index in [9.17, 15) is 8.42 Å². The van der Waals surface area contributed by atoms with E-state index in [1.165, 1.54) is 17.8 Å². The number of benzene rings is 1. The summed E-state index contributed by atoms with van der Waals surface area (Å²) in [5.74, 6) is 0. The molecule has 0 radical (unpaired) electrons. The topological polar surface area (TPSA) is 95.4 Å². The van der Waals surface area contributed by atoms with Crippen LogP contribution in [0.25, 0.3) is 0 Å². The first kappa shape index (κ1) is 13.7. The quantitative estimate of drug-likeness (QED) is 0.814. The summed E-state index contributed by atoms with van der Waals surface area (Å²) < 4.78 is 28.3. The number of hydrogen-bond donors (Lipinski definition) is 2. The predicted molar refractivity (Wildman–Crippen MR) is 71.9 cm³/mol. The summed E-state index contributed by atoms with van der Waals surface area (Å²) in [4.78, 5) is 0.776. The van der Waals surface area contributed by atoms with Gasteiger partial charge < -0.3 is 10.5 Å². The van der Waals surface area contributed by atoms with Crippen molar-refractivity contribution < 1.29 is 13.2 Å². The van der Waals surface area contributed by atoms with Gasteiger partial charge in [-0.2, -0.15) is 0 Å². The molecule has 18 heavy (non-hydrogen) atoms. The zero-order valence-electron chi connectivity index (χ0n) is 9.83. The van der Waals surface area contributed by atoms with Crippen molar-refractivity contribution in [2.75, 3.05) is 18.9 Å². The number of nitrogens with two attached hydrogens (primary N) is 2. The van der Waals surface area contributed by atoms with Gasteiger partial charge in [-0.05, 0) is 31.0 Å². The summed E-state index contributed by atoms with van der Waals surface area (Å²) in [7, 11) is -3.74. The van der Waals surface area contributed by atoms with E-state index >= 15 is 0 Å². The molecule has 1 aromatic rings. The zero-order valence-corrected chi connectivity index (χ0v) is 11.5. The second-order valence-electron chi connectivity index (χ2n) is 4.18. The first-order chi connectivity index (χ1) is 8.47. The van der Waals surface area contributed by atoms with Crippen LogP contribution in [0.4, 0.5) is 5.69 Å². The van der Waals surface area contributed by atoms with Gasteiger partial charge in [0.05, 0.1) is 4.90 Å². The third-order valence-corrected chi connectivity index (χ3v) is 5.23. The molecule has 0 amide bonds. The van der Waals surface area contributed by atoms with E-state index in [1.54, 1.807) is 12.1 Å². The molecule has 1 aliphatic rings. The molecule has 0 unspecified atom stereocenters. The minimum Gasteiger partial charge on any atom is -0.399 e. The Morgan fingerprint density at radius 1 is 1.28 bits per heavy atom. The van der Waals surface area contributed by atoms with Crippen molar-refractivity contribution in [2.24, 2.45) is 5.14 Å². The van der Waals surface area contributed by atoms with Gasteiger partial charge in [0.2, 0.25) is 10.0 Å². The lowest BCUT2D eigenvalue weighted by Gasteiger charge is -2.22. The van der Waals surface area contributed by atoms with Crippen molar-refractivity contribution in [1.29, 1.82) is 0 Å². The van der Waals surface area contributed by atoms with Gasteiger partial charge in [-0.25, -0.2) is 13.6 Å². The summed E-state index contributed by atoms with van der Waals surface area (Å²) in [6, 6.07) is 4.82. The van der Waals surface area contributed by atoms with Gasteiger partial charge in [-0.3, -0.25) is 0 Å². The van der Waals surface area contributed by atoms with Crippen LogP contribution in [0.5, 0.6) is 0 Å². The van der Waals surface area contributed by atoms with E-state index in [1.807, 2.05) is 0 Å². The lowest BCUT2D eigenvalue weighted by atomic mass is 10.2. The Hall–Kier alpha value is -0.760. The Bertz CT molecular complexity index is 525. The van der Waals surface area contributed by atoms with Crippen molar-refractivity contribution in [3.05, 3.63) is 18.2 Å². The SMILES string of the molecule is Nc1ccc(SC2CCOCC2)c(S(N)(=O)=O)c1. The number of hydrogen-bond acceptors (Lipinski definition) is 5. The molecule has 2 rings (SSSR count). The van der Waals surface area contributed by atoms with Crippen molar-refractivity contribution in [2.45, 2.75) is 27.9 Å². The highest BCUT2D eigenvalue weighted by Gasteiger charge is 2.20. The van der Waals surface area contributed by atoms with Crippen LogP contribution in [0.3, 0.4) is 0 Å². The molecule has 1 fully saturated rings. The molecule has 0 bridgehead atoms. The van der Waals surface area contributed by atoms with E-state index < -0.39 is 10.0 Å². The maximum Gasteiger partial charge on any atom is 0.239 e. The fourth-order valence-corrected chi connectivity index (χ4v) is 4.07. The van der Waals surface area contributed by atoms with E-state index in [4.69, 9.17) is 15.6 Å². The van der Waals surface area contributed by atoms with Gasteiger partial charge in [0.15, 0.2) is 0 Å². The molecule has 0 saturated carbocycles. The van der Waals surface area contributed by atoms with Gasteiger partial charge in [0.1, 0.15) is 0 Å². The highest BCUT2D eigenvalue weighted by atomic mass is 32.2. The van der Waals surface area contributed by atoms with Crippen molar-refractivity contribution in [1.82, 2.24) is 0 Å². The van der Waals surface area contributed by atoms with Gasteiger partial charge in [-0.15, -0.1) is 11.8 Å². The Morgan fingerprint density at radius 2 is 1.94 bits per heavy atom. The second kappa shape index (κ2) is 5.48. The number of thioether (sulfide) groups is 1. The normalized spacial score (nSPS) is 17.8. The summed E-state index contributed by atoms with van der Waals surface area (Å²) in [6.07, 6.45) is 1.83. The second-order valence-corrected chi connectivity index (χ2v) is 7.05. The summed E-state index contributed by atoms with van der Waals surface area (Å²) in [5.41, 5.74) is 6.01. The minimum absolute atomic E-state index is 0.110. The van der Waals surface area contributed by atoms with Gasteiger partial charge >= 0.3 is 0 Å². The van der Waals surface area contributed by atoms with Crippen LogP contribution >= 0.6 is 11.8 Å². The van der Waals surface area contributed by atoms with Crippen molar-refractivity contribution >= 4 is 27.5 Å². The predicted octanol–water partition coefficient (Wildman–Crippen LogP) is 1.19. The Balaban J connectivity index is 2.26. The van der Waals surface area contributed by atoms with Crippen LogP contribution in [0, 0.1) is 0 Å². The third kappa shape index (κ3) is 3.38. The first-order valence-electron chi connectivity index (χ1n) is 5.63. The van der Waals surface area contributed by atoms with Crippen LogP contribution in [0.15, 0.2) is 28.0 Å². The highest BCUT2D eigenvalue weighted by molar-refractivity contribution is 8.00. The van der Waals surface area contributed by atoms with Crippen molar-refractivity contribution in [3.63, 3.8) is 0 Å². The fraction of sp³-hybridized carbons (Fsp3) is 0.455. The number of ether oxygens (including phenoxy) is 1. The molecule has 1 aliphatic heterocycles. The molecule has 7 heteroatoms. The molecule has 100 valence electrons. The zero-order chi connectivity index (χ0) is 13.2. The standard InChI is InChI=1S/C11H16N2O3S2/c12-8-1-2-10(11(7-8)18(13,14)15)17-9-3-5-16-6-4-9/h1-2,7,9H,3-6,12H2,(H2,13,14,15). The highest BCUT2D eigenvalue weighted by Crippen LogP contribution is 2.34. The van der Waals surface area contributed by atoms with Crippen LogP contribution in [0.1, 0.15) is 12.8 Å². The number of rotatable bonds is 3. The lowest BCUT2D eigenvalue weighted by Crippen LogP contribution is -2.19. The Labute approximate surface area is 111 Å². The molecule has 0 aliphatic carbocycles. The average molecular weight is 288 g/mol. The van der Waals surface area contributed by atoms with Crippen molar-refractivity contribution in [3.8, 4) is 0 Å². The lowest BCUT2D eigenvalue weighted by molar-refractivity contribution is 0.1000. The van der Waals surface area contributed by atoms with E-state index in [2.05, 4.69) is 0 Å². The maximum absolute atomic E-state index is 11.5. The molecule has 0 atom stereocenters. The number of nitrogen functional groups attached to an aromatic ring is 1. The van der Waals surface area contributed by atoms with E-state index in [0.29, 0.717) is 15.8 Å².